The average molecular weight is 793 g/mol. The molecule has 4 fully saturated rings. The van der Waals surface area contributed by atoms with E-state index in [0.29, 0.717) is 29.8 Å². The van der Waals surface area contributed by atoms with Gasteiger partial charge in [0.1, 0.15) is 29.4 Å². The first kappa shape index (κ1) is 38.6. The lowest BCUT2D eigenvalue weighted by Crippen LogP contribution is -2.74. The number of amides is 4. The highest BCUT2D eigenvalue weighted by Crippen LogP contribution is 2.55. The number of anilines is 2. The number of hydrogen-bond donors (Lipinski definition) is 2. The second kappa shape index (κ2) is 15.2. The van der Waals surface area contributed by atoms with Crippen molar-refractivity contribution in [3.05, 3.63) is 71.4 Å². The minimum Gasteiger partial charge on any atom is -0.487 e. The molecule has 4 amide bonds. The molecule has 0 aromatic carbocycles. The quantitative estimate of drug-likeness (QED) is 0.207. The number of nitrogens with one attached hydrogen (secondary N) is 2. The van der Waals surface area contributed by atoms with E-state index in [9.17, 15) is 14.4 Å². The van der Waals surface area contributed by atoms with Gasteiger partial charge in [0.2, 0.25) is 5.91 Å². The van der Waals surface area contributed by atoms with Gasteiger partial charge in [-0.15, -0.1) is 0 Å². The molecule has 4 aromatic rings. The predicted molar refractivity (Wildman–Crippen MR) is 216 cm³/mol. The van der Waals surface area contributed by atoms with Gasteiger partial charge in [0.05, 0.1) is 22.5 Å². The van der Waals surface area contributed by atoms with Crippen molar-refractivity contribution in [3.8, 4) is 11.8 Å². The maximum atomic E-state index is 13.5. The molecule has 298 valence electrons. The molecule has 0 unspecified atom stereocenters. The Morgan fingerprint density at radius 1 is 0.982 bits per heavy atom. The number of carbonyl (C=O) groups is 3. The van der Waals surface area contributed by atoms with Gasteiger partial charge in [-0.05, 0) is 55.9 Å². The molecule has 3 saturated heterocycles. The van der Waals surface area contributed by atoms with Gasteiger partial charge in [0.25, 0.3) is 5.91 Å². The number of pyridine rings is 3. The van der Waals surface area contributed by atoms with Crippen molar-refractivity contribution >= 4 is 52.0 Å². The highest BCUT2D eigenvalue weighted by atomic mass is 35.5. The van der Waals surface area contributed by atoms with Crippen molar-refractivity contribution in [2.24, 2.45) is 16.7 Å². The van der Waals surface area contributed by atoms with Gasteiger partial charge >= 0.3 is 6.03 Å². The van der Waals surface area contributed by atoms with E-state index in [4.69, 9.17) is 31.6 Å². The van der Waals surface area contributed by atoms with Crippen molar-refractivity contribution in [1.29, 1.82) is 5.26 Å². The third-order valence-electron chi connectivity index (χ3n) is 12.6. The average Bonchev–Trinajstić information content (AvgIpc) is 3.64. The first-order valence-corrected chi connectivity index (χ1v) is 20.2. The number of piperidine rings is 2. The van der Waals surface area contributed by atoms with E-state index < -0.39 is 0 Å². The molecular weight excluding hydrogens is 744 g/mol. The third-order valence-corrected chi connectivity index (χ3v) is 12.9. The van der Waals surface area contributed by atoms with Crippen LogP contribution in [0, 0.1) is 28.1 Å². The van der Waals surface area contributed by atoms with E-state index >= 15 is 0 Å². The van der Waals surface area contributed by atoms with E-state index in [1.54, 1.807) is 23.4 Å². The number of rotatable bonds is 9. The summed E-state index contributed by atoms with van der Waals surface area (Å²) in [4.78, 5) is 57.8. The summed E-state index contributed by atoms with van der Waals surface area (Å²) < 4.78 is 8.58. The highest BCUT2D eigenvalue weighted by Gasteiger charge is 2.64. The summed E-state index contributed by atoms with van der Waals surface area (Å²) in [6.45, 7) is 13.7. The fourth-order valence-electron chi connectivity index (χ4n) is 9.88. The normalized spacial score (nSPS) is 22.8. The Balaban J connectivity index is 0.800. The number of fused-ring (bicyclic) bond motifs is 1. The van der Waals surface area contributed by atoms with Gasteiger partial charge in [-0.3, -0.25) is 19.8 Å². The van der Waals surface area contributed by atoms with Gasteiger partial charge < -0.3 is 24.4 Å². The molecule has 3 aliphatic heterocycles. The summed E-state index contributed by atoms with van der Waals surface area (Å²) in [6, 6.07) is 11.1. The lowest BCUT2D eigenvalue weighted by atomic mass is 9.49. The molecule has 4 aromatic heterocycles. The SMILES string of the molecule is CC1(C)[C@H](NC(=O)c2ccc(N3CCC(CN4CCC(n5ccc6c(N7CCC(=O)NC7=O)ccnc65)CC4)CC3)nc2)C(C)(C)[C@H]1Oc1cnc(C#N)c(Cl)c1. The van der Waals surface area contributed by atoms with Crippen molar-refractivity contribution in [2.45, 2.75) is 78.0 Å². The zero-order valence-corrected chi connectivity index (χ0v) is 33.6. The molecule has 4 aliphatic rings. The number of nitrogens with zero attached hydrogens (tertiary/aromatic N) is 8. The second-order valence-electron chi connectivity index (χ2n) is 17.1. The van der Waals surface area contributed by atoms with Crippen LogP contribution in [0.2, 0.25) is 5.02 Å². The van der Waals surface area contributed by atoms with Gasteiger partial charge in [0.15, 0.2) is 5.69 Å². The number of nitriles is 1. The molecule has 14 nitrogen and oxygen atoms in total. The van der Waals surface area contributed by atoms with E-state index in [1.165, 1.54) is 6.20 Å². The van der Waals surface area contributed by atoms with Crippen LogP contribution in [0.15, 0.2) is 55.1 Å². The van der Waals surface area contributed by atoms with E-state index in [2.05, 4.69) is 63.9 Å². The van der Waals surface area contributed by atoms with Crippen LogP contribution in [0.5, 0.6) is 5.75 Å². The van der Waals surface area contributed by atoms with E-state index in [1.807, 2.05) is 30.3 Å². The maximum absolute atomic E-state index is 13.5. The Labute approximate surface area is 337 Å². The molecule has 2 N–H and O–H groups in total. The molecule has 7 heterocycles. The fourth-order valence-corrected chi connectivity index (χ4v) is 10.1. The summed E-state index contributed by atoms with van der Waals surface area (Å²) in [5.41, 5.74) is 1.57. The summed E-state index contributed by atoms with van der Waals surface area (Å²) in [5.74, 6) is 1.59. The van der Waals surface area contributed by atoms with Crippen molar-refractivity contribution in [1.82, 2.24) is 35.1 Å². The van der Waals surface area contributed by atoms with Crippen LogP contribution in [-0.2, 0) is 4.79 Å². The lowest BCUT2D eigenvalue weighted by molar-refractivity contribution is -0.164. The zero-order valence-electron chi connectivity index (χ0n) is 32.9. The van der Waals surface area contributed by atoms with Crippen molar-refractivity contribution < 1.29 is 19.1 Å². The van der Waals surface area contributed by atoms with Gasteiger partial charge in [-0.25, -0.2) is 19.7 Å². The molecule has 0 spiro atoms. The van der Waals surface area contributed by atoms with Crippen LogP contribution in [-0.4, -0.2) is 93.7 Å². The maximum Gasteiger partial charge on any atom is 0.328 e. The summed E-state index contributed by atoms with van der Waals surface area (Å²) >= 11 is 6.19. The molecule has 15 heteroatoms. The second-order valence-corrected chi connectivity index (χ2v) is 17.5. The molecule has 1 saturated carbocycles. The third kappa shape index (κ3) is 7.39. The van der Waals surface area contributed by atoms with Crippen LogP contribution in [0.3, 0.4) is 0 Å². The Bertz CT molecular complexity index is 2200. The van der Waals surface area contributed by atoms with Gasteiger partial charge in [-0.1, -0.05) is 39.3 Å². The number of likely N-dealkylation sites (tertiary alicyclic amines) is 1. The first-order chi connectivity index (χ1) is 27.3. The van der Waals surface area contributed by atoms with Gasteiger partial charge in [-0.2, -0.15) is 5.26 Å². The molecule has 1 aliphatic carbocycles. The lowest BCUT2D eigenvalue weighted by Gasteiger charge is -2.63. The molecule has 0 radical (unpaired) electrons. The zero-order chi connectivity index (χ0) is 40.1. The molecule has 0 bridgehead atoms. The van der Waals surface area contributed by atoms with E-state index in [-0.39, 0.29) is 58.0 Å². The largest absolute Gasteiger partial charge is 0.487 e. The fraction of sp³-hybridized carbons (Fsp3) is 0.500. The van der Waals surface area contributed by atoms with Gasteiger partial charge in [0, 0.05) is 98.6 Å². The van der Waals surface area contributed by atoms with E-state index in [0.717, 1.165) is 80.9 Å². The number of halogens is 1. The molecule has 8 rings (SSSR count). The minimum atomic E-state index is -0.383. The molecule has 57 heavy (non-hydrogen) atoms. The standard InChI is InChI=1S/C42H49ClN10O4/c1-41(2)38(42(3,4)39(41)57-29-21-31(43)32(22-44)46-24-29)49-37(55)27-5-6-34(47-23-27)51-17-8-26(9-18-51)25-50-15-10-28(11-16-50)52-19-12-30-33(7-14-45-36(30)52)53-20-13-35(54)48-40(53)56/h5-7,12,14,19,21,23-24,26,28,38-39H,8-11,13,15-18,20,25H2,1-4H3,(H,49,55)(H,48,54,56)/t38-,39-. The first-order valence-electron chi connectivity index (χ1n) is 19.9. The molecule has 0 atom stereocenters. The highest BCUT2D eigenvalue weighted by molar-refractivity contribution is 6.31. The summed E-state index contributed by atoms with van der Waals surface area (Å²) in [7, 11) is 0. The number of imide groups is 1. The number of ether oxygens (including phenoxy) is 1. The van der Waals surface area contributed by atoms with Crippen molar-refractivity contribution in [3.63, 3.8) is 0 Å². The number of hydrogen-bond acceptors (Lipinski definition) is 10. The van der Waals surface area contributed by atoms with Crippen LogP contribution in [0.1, 0.15) is 81.9 Å². The van der Waals surface area contributed by atoms with Crippen LogP contribution >= 0.6 is 11.6 Å². The van der Waals surface area contributed by atoms with Crippen LogP contribution in [0.4, 0.5) is 16.3 Å². The summed E-state index contributed by atoms with van der Waals surface area (Å²) in [6.07, 6.45) is 11.3. The van der Waals surface area contributed by atoms with Crippen LogP contribution in [0.25, 0.3) is 11.0 Å². The summed E-state index contributed by atoms with van der Waals surface area (Å²) in [5, 5.41) is 16.0. The van der Waals surface area contributed by atoms with Crippen LogP contribution < -0.4 is 25.2 Å². The Kier molecular flexibility index (Phi) is 10.3. The smallest absolute Gasteiger partial charge is 0.328 e. The minimum absolute atomic E-state index is 0.153. The number of urea groups is 1. The van der Waals surface area contributed by atoms with Crippen molar-refractivity contribution in [2.75, 3.05) is 49.1 Å². The number of aromatic nitrogens is 4. The topological polar surface area (TPSA) is 162 Å². The predicted octanol–water partition coefficient (Wildman–Crippen LogP) is 5.96. The Hall–Kier alpha value is -5.26. The Morgan fingerprint density at radius 2 is 1.74 bits per heavy atom. The Morgan fingerprint density at radius 3 is 2.40 bits per heavy atom. The molecular formula is C42H49ClN10O4. The number of carbonyl (C=O) groups excluding carboxylic acids is 3. The monoisotopic (exact) mass is 792 g/mol.